The van der Waals surface area contributed by atoms with Gasteiger partial charge in [-0.1, -0.05) is 15.9 Å². The summed E-state index contributed by atoms with van der Waals surface area (Å²) in [6.45, 7) is 1.99. The third-order valence-corrected chi connectivity index (χ3v) is 3.51. The molecule has 0 unspecified atom stereocenters. The van der Waals surface area contributed by atoms with Crippen molar-refractivity contribution in [2.45, 2.75) is 6.92 Å². The maximum absolute atomic E-state index is 11.7. The third-order valence-electron chi connectivity index (χ3n) is 2.66. The lowest BCUT2D eigenvalue weighted by Gasteiger charge is -2.04. The Morgan fingerprint density at radius 3 is 3.00 bits per heavy atom. The molecule has 2 heterocycles. The monoisotopic (exact) mass is 277 g/mol. The van der Waals surface area contributed by atoms with Crippen LogP contribution in [0.5, 0.6) is 0 Å². The van der Waals surface area contributed by atoms with Gasteiger partial charge in [0, 0.05) is 4.47 Å². The van der Waals surface area contributed by atoms with Gasteiger partial charge in [0.2, 0.25) is 0 Å². The molecule has 80 valence electrons. The summed E-state index contributed by atoms with van der Waals surface area (Å²) < 4.78 is 2.81. The van der Waals surface area contributed by atoms with Gasteiger partial charge in [0.05, 0.1) is 23.6 Å². The standard InChI is InChI=1S/C11H8BrN3O/c1-6-2-8-9(3-7(6)12)15-5-13-4-10(15)11(16)14-8/h2-5H,1H3,(H,14,16). The number of aromatic amines is 1. The molecular weight excluding hydrogens is 270 g/mol. The molecule has 1 aromatic carbocycles. The maximum Gasteiger partial charge on any atom is 0.274 e. The molecule has 0 bridgehead atoms. The molecule has 5 heteroatoms. The molecule has 0 atom stereocenters. The summed E-state index contributed by atoms with van der Waals surface area (Å²) in [5.41, 5.74) is 3.28. The third kappa shape index (κ3) is 1.21. The number of hydrogen-bond acceptors (Lipinski definition) is 2. The fraction of sp³-hybridized carbons (Fsp3) is 0.0909. The van der Waals surface area contributed by atoms with Gasteiger partial charge in [0.25, 0.3) is 5.56 Å². The summed E-state index contributed by atoms with van der Waals surface area (Å²) in [6.07, 6.45) is 3.21. The topological polar surface area (TPSA) is 50.2 Å². The van der Waals surface area contributed by atoms with E-state index in [1.165, 1.54) is 0 Å². The lowest BCUT2D eigenvalue weighted by Crippen LogP contribution is -2.09. The van der Waals surface area contributed by atoms with Gasteiger partial charge in [-0.15, -0.1) is 0 Å². The molecule has 4 nitrogen and oxygen atoms in total. The summed E-state index contributed by atoms with van der Waals surface area (Å²) in [7, 11) is 0. The quantitative estimate of drug-likeness (QED) is 0.685. The fourth-order valence-electron chi connectivity index (χ4n) is 1.81. The van der Waals surface area contributed by atoms with Crippen molar-refractivity contribution < 1.29 is 0 Å². The summed E-state index contributed by atoms with van der Waals surface area (Å²) in [6, 6.07) is 3.93. The maximum atomic E-state index is 11.7. The summed E-state index contributed by atoms with van der Waals surface area (Å²) in [5, 5.41) is 0. The molecule has 0 amide bonds. The minimum atomic E-state index is -0.119. The number of nitrogens with zero attached hydrogens (tertiary/aromatic N) is 2. The normalized spacial score (nSPS) is 11.4. The van der Waals surface area contributed by atoms with Crippen molar-refractivity contribution in [3.63, 3.8) is 0 Å². The minimum Gasteiger partial charge on any atom is -0.319 e. The van der Waals surface area contributed by atoms with E-state index >= 15 is 0 Å². The van der Waals surface area contributed by atoms with Crippen LogP contribution in [-0.2, 0) is 0 Å². The number of nitrogens with one attached hydrogen (secondary N) is 1. The largest absolute Gasteiger partial charge is 0.319 e. The van der Waals surface area contributed by atoms with Gasteiger partial charge < -0.3 is 4.98 Å². The predicted molar refractivity (Wildman–Crippen MR) is 65.8 cm³/mol. The zero-order chi connectivity index (χ0) is 11.3. The number of hydrogen-bond donors (Lipinski definition) is 1. The Morgan fingerprint density at radius 2 is 2.19 bits per heavy atom. The second kappa shape index (κ2) is 3.18. The van der Waals surface area contributed by atoms with E-state index in [0.29, 0.717) is 5.52 Å². The lowest BCUT2D eigenvalue weighted by molar-refractivity contribution is 1.16. The first-order chi connectivity index (χ1) is 7.66. The van der Waals surface area contributed by atoms with E-state index in [-0.39, 0.29) is 5.56 Å². The van der Waals surface area contributed by atoms with Crippen LogP contribution in [-0.4, -0.2) is 14.4 Å². The van der Waals surface area contributed by atoms with E-state index < -0.39 is 0 Å². The molecule has 0 aliphatic rings. The molecule has 0 fully saturated rings. The number of fused-ring (bicyclic) bond motifs is 3. The molecule has 0 aliphatic carbocycles. The van der Waals surface area contributed by atoms with Gasteiger partial charge in [0.15, 0.2) is 0 Å². The van der Waals surface area contributed by atoms with Crippen LogP contribution in [0.3, 0.4) is 0 Å². The molecule has 0 spiro atoms. The Hall–Kier alpha value is -1.62. The van der Waals surface area contributed by atoms with Crippen molar-refractivity contribution in [2.75, 3.05) is 0 Å². The van der Waals surface area contributed by atoms with Crippen molar-refractivity contribution in [2.24, 2.45) is 0 Å². The van der Waals surface area contributed by atoms with Crippen LogP contribution in [0.4, 0.5) is 0 Å². The van der Waals surface area contributed by atoms with Crippen molar-refractivity contribution in [3.8, 4) is 0 Å². The SMILES string of the molecule is Cc1cc2[nH]c(=O)c3cncn3c2cc1Br. The highest BCUT2D eigenvalue weighted by Crippen LogP contribution is 2.22. The van der Waals surface area contributed by atoms with Crippen LogP contribution >= 0.6 is 15.9 Å². The van der Waals surface area contributed by atoms with Gasteiger partial charge in [-0.05, 0) is 24.6 Å². The smallest absolute Gasteiger partial charge is 0.274 e. The minimum absolute atomic E-state index is 0.119. The molecule has 0 aliphatic heterocycles. The van der Waals surface area contributed by atoms with E-state index in [9.17, 15) is 4.79 Å². The van der Waals surface area contributed by atoms with Crippen LogP contribution in [0.1, 0.15) is 5.56 Å². The molecule has 1 N–H and O–H groups in total. The van der Waals surface area contributed by atoms with Crippen LogP contribution in [0.15, 0.2) is 33.9 Å². The first-order valence-electron chi connectivity index (χ1n) is 4.81. The highest BCUT2D eigenvalue weighted by molar-refractivity contribution is 9.10. The van der Waals surface area contributed by atoms with Crippen LogP contribution in [0.2, 0.25) is 0 Å². The van der Waals surface area contributed by atoms with Crippen molar-refractivity contribution >= 4 is 32.5 Å². The van der Waals surface area contributed by atoms with E-state index in [0.717, 1.165) is 21.1 Å². The number of aryl methyl sites for hydroxylation is 1. The van der Waals surface area contributed by atoms with Crippen molar-refractivity contribution in [1.82, 2.24) is 14.4 Å². The van der Waals surface area contributed by atoms with E-state index in [1.54, 1.807) is 16.9 Å². The first kappa shape index (κ1) is 9.59. The molecule has 2 aromatic heterocycles. The second-order valence-corrected chi connectivity index (χ2v) is 4.58. The molecule has 0 saturated heterocycles. The zero-order valence-corrected chi connectivity index (χ0v) is 10.1. The fourth-order valence-corrected chi connectivity index (χ4v) is 2.14. The first-order valence-corrected chi connectivity index (χ1v) is 5.60. The van der Waals surface area contributed by atoms with Crippen molar-refractivity contribution in [3.05, 3.63) is 45.0 Å². The Bertz CT molecular complexity index is 757. The summed E-state index contributed by atoms with van der Waals surface area (Å²) >= 11 is 3.48. The summed E-state index contributed by atoms with van der Waals surface area (Å²) in [5.74, 6) is 0. The van der Waals surface area contributed by atoms with Gasteiger partial charge in [0.1, 0.15) is 5.52 Å². The molecule has 0 radical (unpaired) electrons. The molecule has 16 heavy (non-hydrogen) atoms. The van der Waals surface area contributed by atoms with Gasteiger partial charge in [-0.2, -0.15) is 0 Å². The summed E-state index contributed by atoms with van der Waals surface area (Å²) in [4.78, 5) is 18.6. The molecule has 3 aromatic rings. The Morgan fingerprint density at radius 1 is 1.38 bits per heavy atom. The number of aromatic nitrogens is 3. The van der Waals surface area contributed by atoms with Crippen molar-refractivity contribution in [1.29, 1.82) is 0 Å². The highest BCUT2D eigenvalue weighted by atomic mass is 79.9. The van der Waals surface area contributed by atoms with Crippen LogP contribution in [0.25, 0.3) is 16.6 Å². The average Bonchev–Trinajstić information content (AvgIpc) is 2.71. The molecular formula is C11H8BrN3O. The van der Waals surface area contributed by atoms with Crippen LogP contribution < -0.4 is 5.56 Å². The molecule has 0 saturated carbocycles. The van der Waals surface area contributed by atoms with E-state index in [1.807, 2.05) is 19.1 Å². The highest BCUT2D eigenvalue weighted by Gasteiger charge is 2.06. The van der Waals surface area contributed by atoms with Gasteiger partial charge in [-0.3, -0.25) is 9.20 Å². The number of imidazole rings is 1. The van der Waals surface area contributed by atoms with Gasteiger partial charge in [-0.25, -0.2) is 4.98 Å². The zero-order valence-electron chi connectivity index (χ0n) is 8.49. The molecule has 3 rings (SSSR count). The number of rotatable bonds is 0. The van der Waals surface area contributed by atoms with Crippen LogP contribution in [0, 0.1) is 6.92 Å². The number of H-pyrrole nitrogens is 1. The second-order valence-electron chi connectivity index (χ2n) is 3.72. The Labute approximate surface area is 99.1 Å². The Kier molecular flexibility index (Phi) is 1.91. The lowest BCUT2D eigenvalue weighted by atomic mass is 10.2. The number of halogens is 1. The predicted octanol–water partition coefficient (Wildman–Crippen LogP) is 2.25. The Balaban J connectivity index is 2.64. The van der Waals surface area contributed by atoms with Gasteiger partial charge >= 0.3 is 0 Å². The average molecular weight is 278 g/mol. The van der Waals surface area contributed by atoms with E-state index in [2.05, 4.69) is 25.9 Å². The number of benzene rings is 1. The van der Waals surface area contributed by atoms with E-state index in [4.69, 9.17) is 0 Å².